The number of likely N-dealkylation sites (N-methyl/N-ethyl adjacent to an activating group) is 1. The van der Waals surface area contributed by atoms with E-state index in [0.29, 0.717) is 43.4 Å². The van der Waals surface area contributed by atoms with Crippen LogP contribution in [0.2, 0.25) is 5.02 Å². The molecule has 3 aromatic carbocycles. The molecule has 0 saturated carbocycles. The van der Waals surface area contributed by atoms with Gasteiger partial charge in [-0.15, -0.1) is 0 Å². The van der Waals surface area contributed by atoms with Gasteiger partial charge in [-0.3, -0.25) is 9.69 Å². The van der Waals surface area contributed by atoms with E-state index in [9.17, 15) is 9.59 Å². The Balaban J connectivity index is 1.58. The summed E-state index contributed by atoms with van der Waals surface area (Å²) in [6, 6.07) is 17.3. The number of amidine groups is 1. The first-order valence-electron chi connectivity index (χ1n) is 11.2. The first-order valence-corrected chi connectivity index (χ1v) is 13.2. The molecule has 7 nitrogen and oxygen atoms in total. The number of thioether (sulfide) groups is 1. The van der Waals surface area contributed by atoms with E-state index in [1.54, 1.807) is 25.3 Å². The maximum Gasteiger partial charge on any atom is 0.335 e. The Morgan fingerprint density at radius 2 is 1.89 bits per heavy atom. The minimum Gasteiger partial charge on any atom is -0.490 e. The third-order valence-electron chi connectivity index (χ3n) is 5.30. The van der Waals surface area contributed by atoms with Crippen molar-refractivity contribution in [3.8, 4) is 11.5 Å². The first-order chi connectivity index (χ1) is 17.8. The molecule has 0 aromatic heterocycles. The SMILES string of the molecule is CCOc1cc(/C=C2\SC(=Nc3ccc(C(=O)O)cc3)N(C)C2=O)cc(Br)c1OCc1ccccc1Cl. The Morgan fingerprint density at radius 3 is 2.57 bits per heavy atom. The third-order valence-corrected chi connectivity index (χ3v) is 7.32. The summed E-state index contributed by atoms with van der Waals surface area (Å²) in [5.74, 6) is -0.130. The van der Waals surface area contributed by atoms with Crippen LogP contribution in [0.3, 0.4) is 0 Å². The second-order valence-electron chi connectivity index (χ2n) is 7.86. The summed E-state index contributed by atoms with van der Waals surface area (Å²) >= 11 is 11.1. The van der Waals surface area contributed by atoms with Gasteiger partial charge >= 0.3 is 5.97 Å². The molecule has 1 aliphatic rings. The van der Waals surface area contributed by atoms with E-state index in [4.69, 9.17) is 26.2 Å². The molecule has 0 unspecified atom stereocenters. The van der Waals surface area contributed by atoms with Crippen LogP contribution in [0, 0.1) is 0 Å². The standard InChI is InChI=1S/C27H22BrClN2O5S/c1-3-35-22-13-16(12-20(28)24(22)36-15-18-6-4-5-7-21(18)29)14-23-25(32)31(2)27(37-23)30-19-10-8-17(9-11-19)26(33)34/h4-14H,3,15H2,1-2H3,(H,33,34)/b23-14-,30-27?. The van der Waals surface area contributed by atoms with Crippen molar-refractivity contribution in [3.05, 3.63) is 91.8 Å². The fourth-order valence-electron chi connectivity index (χ4n) is 3.43. The molecule has 1 heterocycles. The molecule has 1 saturated heterocycles. The number of carbonyl (C=O) groups is 2. The van der Waals surface area contributed by atoms with Crippen LogP contribution in [0.15, 0.2) is 75.0 Å². The fraction of sp³-hybridized carbons (Fsp3) is 0.148. The van der Waals surface area contributed by atoms with Gasteiger partial charge in [0.1, 0.15) is 6.61 Å². The average molecular weight is 602 g/mol. The van der Waals surface area contributed by atoms with Crippen LogP contribution in [-0.2, 0) is 11.4 Å². The fourth-order valence-corrected chi connectivity index (χ4v) is 5.18. The van der Waals surface area contributed by atoms with Crippen LogP contribution >= 0.6 is 39.3 Å². The highest BCUT2D eigenvalue weighted by atomic mass is 79.9. The highest BCUT2D eigenvalue weighted by Gasteiger charge is 2.30. The maximum absolute atomic E-state index is 12.9. The predicted octanol–water partition coefficient (Wildman–Crippen LogP) is 7.01. The van der Waals surface area contributed by atoms with Gasteiger partial charge < -0.3 is 14.6 Å². The van der Waals surface area contributed by atoms with E-state index in [2.05, 4.69) is 20.9 Å². The van der Waals surface area contributed by atoms with Crippen molar-refractivity contribution in [1.82, 2.24) is 4.90 Å². The maximum atomic E-state index is 12.9. The highest BCUT2D eigenvalue weighted by Crippen LogP contribution is 2.40. The molecule has 0 radical (unpaired) electrons. The number of rotatable bonds is 8. The molecule has 3 aromatic rings. The number of ether oxygens (including phenoxy) is 2. The lowest BCUT2D eigenvalue weighted by molar-refractivity contribution is -0.121. The summed E-state index contributed by atoms with van der Waals surface area (Å²) in [7, 11) is 1.65. The molecule has 0 atom stereocenters. The van der Waals surface area contributed by atoms with E-state index >= 15 is 0 Å². The summed E-state index contributed by atoms with van der Waals surface area (Å²) in [6.45, 7) is 2.59. The Bertz CT molecular complexity index is 1410. The summed E-state index contributed by atoms with van der Waals surface area (Å²) in [6.07, 6.45) is 1.77. The van der Waals surface area contributed by atoms with Crippen molar-refractivity contribution >= 4 is 68.1 Å². The number of carbonyl (C=O) groups excluding carboxylic acids is 1. The molecule has 1 fully saturated rings. The molecule has 4 rings (SSSR count). The molecule has 0 aliphatic carbocycles. The molecular weight excluding hydrogens is 580 g/mol. The smallest absolute Gasteiger partial charge is 0.335 e. The van der Waals surface area contributed by atoms with E-state index in [-0.39, 0.29) is 18.1 Å². The van der Waals surface area contributed by atoms with Crippen LogP contribution < -0.4 is 9.47 Å². The van der Waals surface area contributed by atoms with E-state index in [1.165, 1.54) is 28.8 Å². The number of aliphatic imine (C=N–C) groups is 1. The quantitative estimate of drug-likeness (QED) is 0.279. The number of hydrogen-bond donors (Lipinski definition) is 1. The van der Waals surface area contributed by atoms with Crippen molar-refractivity contribution < 1.29 is 24.2 Å². The molecule has 0 bridgehead atoms. The zero-order valence-corrected chi connectivity index (χ0v) is 23.1. The van der Waals surface area contributed by atoms with E-state index in [0.717, 1.165) is 11.1 Å². The Labute approximate surface area is 231 Å². The highest BCUT2D eigenvalue weighted by molar-refractivity contribution is 9.10. The third kappa shape index (κ3) is 6.36. The molecule has 1 N–H and O–H groups in total. The number of nitrogens with zero attached hydrogens (tertiary/aromatic N) is 2. The van der Waals surface area contributed by atoms with Crippen LogP contribution in [0.1, 0.15) is 28.4 Å². The molecule has 10 heteroatoms. The Morgan fingerprint density at radius 1 is 1.16 bits per heavy atom. The monoisotopic (exact) mass is 600 g/mol. The van der Waals surface area contributed by atoms with Crippen molar-refractivity contribution in [1.29, 1.82) is 0 Å². The summed E-state index contributed by atoms with van der Waals surface area (Å²) in [5.41, 5.74) is 2.32. The van der Waals surface area contributed by atoms with Crippen LogP contribution in [0.5, 0.6) is 11.5 Å². The van der Waals surface area contributed by atoms with Gasteiger partial charge in [-0.05, 0) is 88.7 Å². The largest absolute Gasteiger partial charge is 0.490 e. The molecule has 37 heavy (non-hydrogen) atoms. The number of hydrogen-bond acceptors (Lipinski definition) is 6. The second-order valence-corrected chi connectivity index (χ2v) is 10.1. The van der Waals surface area contributed by atoms with Gasteiger partial charge in [0, 0.05) is 17.6 Å². The molecular formula is C27H22BrClN2O5S. The molecule has 0 spiro atoms. The van der Waals surface area contributed by atoms with E-state index < -0.39 is 5.97 Å². The Hall–Kier alpha value is -3.27. The average Bonchev–Trinajstić information content (AvgIpc) is 3.12. The summed E-state index contributed by atoms with van der Waals surface area (Å²) in [5, 5.41) is 10.2. The first kappa shape index (κ1) is 26.8. The Kier molecular flexibility index (Phi) is 8.58. The van der Waals surface area contributed by atoms with Crippen LogP contribution in [-0.4, -0.2) is 40.7 Å². The van der Waals surface area contributed by atoms with Crippen molar-refractivity contribution in [3.63, 3.8) is 0 Å². The van der Waals surface area contributed by atoms with Gasteiger partial charge in [-0.1, -0.05) is 29.8 Å². The van der Waals surface area contributed by atoms with Gasteiger partial charge in [0.2, 0.25) is 0 Å². The second kappa shape index (κ2) is 11.9. The summed E-state index contributed by atoms with van der Waals surface area (Å²) in [4.78, 5) is 30.4. The number of halogens is 2. The van der Waals surface area contributed by atoms with Gasteiger partial charge in [0.15, 0.2) is 16.7 Å². The lowest BCUT2D eigenvalue weighted by atomic mass is 10.1. The van der Waals surface area contributed by atoms with Crippen molar-refractivity contribution in [2.75, 3.05) is 13.7 Å². The minimum absolute atomic E-state index is 0.169. The number of aromatic carboxylic acids is 1. The molecule has 1 amide bonds. The zero-order valence-electron chi connectivity index (χ0n) is 19.9. The van der Waals surface area contributed by atoms with E-state index in [1.807, 2.05) is 43.3 Å². The molecule has 190 valence electrons. The van der Waals surface area contributed by atoms with Crippen molar-refractivity contribution in [2.45, 2.75) is 13.5 Å². The number of benzene rings is 3. The molecule has 1 aliphatic heterocycles. The van der Waals surface area contributed by atoms with Crippen LogP contribution in [0.4, 0.5) is 5.69 Å². The van der Waals surface area contributed by atoms with Gasteiger partial charge in [-0.2, -0.15) is 0 Å². The van der Waals surface area contributed by atoms with Gasteiger partial charge in [0.25, 0.3) is 5.91 Å². The van der Waals surface area contributed by atoms with Crippen molar-refractivity contribution in [2.24, 2.45) is 4.99 Å². The number of carboxylic acids is 1. The lowest BCUT2D eigenvalue weighted by Crippen LogP contribution is -2.23. The normalized spacial score (nSPS) is 15.5. The lowest BCUT2D eigenvalue weighted by Gasteiger charge is -2.15. The topological polar surface area (TPSA) is 88.4 Å². The van der Waals surface area contributed by atoms with Crippen LogP contribution in [0.25, 0.3) is 6.08 Å². The van der Waals surface area contributed by atoms with Gasteiger partial charge in [-0.25, -0.2) is 9.79 Å². The summed E-state index contributed by atoms with van der Waals surface area (Å²) < 4.78 is 12.5. The number of amides is 1. The van der Waals surface area contributed by atoms with Gasteiger partial charge in [0.05, 0.1) is 27.2 Å². The minimum atomic E-state index is -1.01. The number of carboxylic acid groups (broad SMARTS) is 1. The predicted molar refractivity (Wildman–Crippen MR) is 150 cm³/mol. The zero-order chi connectivity index (χ0) is 26.5.